The van der Waals surface area contributed by atoms with E-state index >= 15 is 13.2 Å². The number of nitrogen functional groups attached to an aromatic ring is 1. The molecule has 1 amide bonds. The number of nitrogens with zero attached hydrogens (tertiary/aromatic N) is 5. The van der Waals surface area contributed by atoms with Gasteiger partial charge in [-0.2, -0.15) is 28.2 Å². The minimum absolute atomic E-state index is 0.0370. The first-order valence-electron chi connectivity index (χ1n) is 19.2. The maximum atomic E-state index is 15.1. The average Bonchev–Trinajstić information content (AvgIpc) is 3.93. The van der Waals surface area contributed by atoms with Gasteiger partial charge in [0, 0.05) is 61.2 Å². The number of cyclic esters (lactones) is 1. The van der Waals surface area contributed by atoms with Crippen molar-refractivity contribution in [3.05, 3.63) is 77.6 Å². The minimum Gasteiger partial charge on any atom is -0.480 e. The van der Waals surface area contributed by atoms with Crippen molar-refractivity contribution in [1.82, 2.24) is 30.4 Å². The second-order valence-electron chi connectivity index (χ2n) is 14.9. The van der Waals surface area contributed by atoms with Gasteiger partial charge in [0.25, 0.3) is 5.91 Å². The van der Waals surface area contributed by atoms with Crippen LogP contribution in [-0.2, 0) is 14.3 Å². The number of carbonyl (C=O) groups is 3. The number of carbonyl (C=O) groups excluding carboxylic acids is 2. The van der Waals surface area contributed by atoms with Crippen molar-refractivity contribution in [1.29, 1.82) is 0 Å². The van der Waals surface area contributed by atoms with Crippen molar-refractivity contribution in [2.75, 3.05) is 42.6 Å². The number of amides is 1. The number of halogens is 3. The summed E-state index contributed by atoms with van der Waals surface area (Å²) in [5.41, 5.74) is 7.97. The number of carboxylic acids is 1. The lowest BCUT2D eigenvalue weighted by Crippen LogP contribution is -2.46. The zero-order chi connectivity index (χ0) is 41.2. The number of ether oxygens (including phenoxy) is 2. The van der Waals surface area contributed by atoms with E-state index in [1.165, 1.54) is 28.6 Å². The highest BCUT2D eigenvalue weighted by molar-refractivity contribution is 8.00. The van der Waals surface area contributed by atoms with Crippen LogP contribution in [0.1, 0.15) is 66.7 Å². The Morgan fingerprint density at radius 1 is 1.12 bits per heavy atom. The fourth-order valence-corrected chi connectivity index (χ4v) is 9.13. The molecule has 1 spiro atoms. The van der Waals surface area contributed by atoms with Crippen molar-refractivity contribution in [2.45, 2.75) is 75.6 Å². The van der Waals surface area contributed by atoms with Gasteiger partial charge in [-0.25, -0.2) is 4.68 Å². The predicted octanol–water partition coefficient (Wildman–Crippen LogP) is 5.49. The molecule has 0 bridgehead atoms. The highest BCUT2D eigenvalue weighted by atomic mass is 32.2. The van der Waals surface area contributed by atoms with Crippen LogP contribution in [0, 0.1) is 12.3 Å². The van der Waals surface area contributed by atoms with Crippen LogP contribution in [0.4, 0.5) is 24.9 Å². The molecular formula is C40H45F3N8O6S. The largest absolute Gasteiger partial charge is 0.480 e. The second-order valence-corrected chi connectivity index (χ2v) is 16.2. The summed E-state index contributed by atoms with van der Waals surface area (Å²) < 4.78 is 57.3. The Hall–Kier alpha value is -5.36. The maximum absolute atomic E-state index is 15.1. The van der Waals surface area contributed by atoms with Crippen LogP contribution in [0.3, 0.4) is 0 Å². The van der Waals surface area contributed by atoms with E-state index < -0.39 is 24.3 Å². The summed E-state index contributed by atoms with van der Waals surface area (Å²) in [7, 11) is 0. The lowest BCUT2D eigenvalue weighted by Gasteiger charge is -2.43. The quantitative estimate of drug-likeness (QED) is 0.0981. The molecule has 3 fully saturated rings. The summed E-state index contributed by atoms with van der Waals surface area (Å²) in [5, 5.41) is 20.0. The number of alkyl halides is 3. The number of nitrogens with one attached hydrogen (secondary N) is 2. The number of anilines is 2. The van der Waals surface area contributed by atoms with Gasteiger partial charge in [-0.15, -0.1) is 11.8 Å². The smallest absolute Gasteiger partial charge is 0.429 e. The Bertz CT molecular complexity index is 2140. The van der Waals surface area contributed by atoms with Crippen LogP contribution in [-0.4, -0.2) is 98.2 Å². The van der Waals surface area contributed by atoms with Gasteiger partial charge in [-0.1, -0.05) is 31.2 Å². The molecule has 4 atom stereocenters. The summed E-state index contributed by atoms with van der Waals surface area (Å²) in [6, 6.07) is 13.6. The molecule has 2 aromatic carbocycles. The molecule has 14 nitrogen and oxygen atoms in total. The minimum atomic E-state index is -4.89. The van der Waals surface area contributed by atoms with Gasteiger partial charge in [0.15, 0.2) is 0 Å². The van der Waals surface area contributed by atoms with Crippen molar-refractivity contribution < 1.29 is 42.1 Å². The van der Waals surface area contributed by atoms with Gasteiger partial charge in [0.2, 0.25) is 17.9 Å². The molecule has 7 rings (SSSR count). The molecule has 18 heteroatoms. The van der Waals surface area contributed by atoms with Crippen LogP contribution in [0.25, 0.3) is 16.8 Å². The number of carboxylic acid groups (broad SMARTS) is 1. The number of hydrogen-bond donors (Lipinski definition) is 4. The van der Waals surface area contributed by atoms with Gasteiger partial charge < -0.3 is 35.8 Å². The Morgan fingerprint density at radius 2 is 1.86 bits per heavy atom. The summed E-state index contributed by atoms with van der Waals surface area (Å²) in [6.45, 7) is 5.52. The third kappa shape index (κ3) is 8.87. The first-order valence-corrected chi connectivity index (χ1v) is 20.2. The molecule has 2 aromatic heterocycles. The number of aryl methyl sites for hydroxylation is 1. The van der Waals surface area contributed by atoms with Crippen LogP contribution in [0.2, 0.25) is 0 Å². The van der Waals surface area contributed by atoms with E-state index in [4.69, 9.17) is 15.2 Å². The number of esters is 1. The average molecular weight is 823 g/mol. The zero-order valence-corrected chi connectivity index (χ0v) is 32.8. The lowest BCUT2D eigenvalue weighted by atomic mass is 9.71. The molecule has 3 aliphatic heterocycles. The first-order chi connectivity index (χ1) is 27.7. The van der Waals surface area contributed by atoms with Crippen molar-refractivity contribution in [3.63, 3.8) is 0 Å². The van der Waals surface area contributed by atoms with Crippen LogP contribution >= 0.6 is 11.8 Å². The highest BCUT2D eigenvalue weighted by Gasteiger charge is 2.50. The molecular weight excluding hydrogens is 778 g/mol. The maximum Gasteiger partial charge on any atom is 0.429 e. The molecule has 4 aromatic rings. The van der Waals surface area contributed by atoms with Gasteiger partial charge >= 0.3 is 18.1 Å². The predicted molar refractivity (Wildman–Crippen MR) is 211 cm³/mol. The van der Waals surface area contributed by atoms with E-state index in [9.17, 15) is 19.5 Å². The van der Waals surface area contributed by atoms with Crippen molar-refractivity contribution in [2.24, 2.45) is 5.41 Å². The van der Waals surface area contributed by atoms with Crippen molar-refractivity contribution in [3.8, 4) is 22.7 Å². The number of nitrogens with two attached hydrogens (primary N) is 1. The number of thioether (sulfide) groups is 1. The molecule has 3 aliphatic rings. The van der Waals surface area contributed by atoms with Gasteiger partial charge in [-0.05, 0) is 73.4 Å². The normalized spacial score (nSPS) is 20.9. The van der Waals surface area contributed by atoms with Crippen LogP contribution < -0.4 is 26.0 Å². The van der Waals surface area contributed by atoms with E-state index in [1.54, 1.807) is 55.6 Å². The Balaban J connectivity index is 1.09. The number of aliphatic carboxylic acids is 1. The highest BCUT2D eigenvalue weighted by Crippen LogP contribution is 2.46. The van der Waals surface area contributed by atoms with Gasteiger partial charge in [-0.3, -0.25) is 14.4 Å². The van der Waals surface area contributed by atoms with Gasteiger partial charge in [0.1, 0.15) is 17.1 Å². The Morgan fingerprint density at radius 3 is 2.50 bits per heavy atom. The third-order valence-corrected chi connectivity index (χ3v) is 12.4. The molecule has 2 unspecified atom stereocenters. The van der Waals surface area contributed by atoms with E-state index in [2.05, 4.69) is 25.7 Å². The number of benzene rings is 2. The molecule has 0 saturated carbocycles. The molecule has 0 radical (unpaired) electrons. The number of piperidine rings is 1. The van der Waals surface area contributed by atoms with Crippen LogP contribution in [0.5, 0.6) is 5.88 Å². The second kappa shape index (κ2) is 16.9. The van der Waals surface area contributed by atoms with Crippen LogP contribution in [0.15, 0.2) is 60.8 Å². The van der Waals surface area contributed by atoms with Crippen molar-refractivity contribution >= 4 is 41.4 Å². The zero-order valence-electron chi connectivity index (χ0n) is 32.0. The van der Waals surface area contributed by atoms with E-state index in [-0.39, 0.29) is 51.7 Å². The summed E-state index contributed by atoms with van der Waals surface area (Å²) in [6.07, 6.45) is -2.53. The Labute approximate surface area is 337 Å². The molecule has 3 saturated heterocycles. The molecule has 5 heterocycles. The lowest BCUT2D eigenvalue weighted by molar-refractivity contribution is -0.198. The van der Waals surface area contributed by atoms with E-state index in [1.807, 2.05) is 11.8 Å². The summed E-state index contributed by atoms with van der Waals surface area (Å²) in [5.74, 6) is -1.14. The fraction of sp³-hybridized carbons (Fsp3) is 0.450. The summed E-state index contributed by atoms with van der Waals surface area (Å²) in [4.78, 5) is 46.5. The SMILES string of the molecule is CCC1N[C@H](C(=O)O)CC12CCN(c1cc(O[C@H](c3ccc(-c4ccc(C(=O)NCCSC5CCOC5=O)cc4)cc3-n3ccc(C)n3)C(F)(F)F)nc(N)n1)CC2. The van der Waals surface area contributed by atoms with Gasteiger partial charge in [0.05, 0.1) is 18.0 Å². The standard InChI is InChI=1S/C40H45F3N8O6S/c1-3-31-39(22-28(46-31)36(53)54)12-16-50(17-13-39)32-21-33(48-38(44)47-32)57-34(40(41,42)43)27-9-8-26(20-29(27)51-15-10-23(2)49-51)24-4-6-25(7-5-24)35(52)45-14-19-58-30-11-18-56-37(30)55/h4-10,15,20-21,28,30-31,34,46H,3,11-14,16-19,22H2,1-2H3,(H,45,52)(H,53,54)(H2,44,47,48)/t28-,30?,31?,34+/m0/s1. The topological polar surface area (TPSA) is 187 Å². The Kier molecular flexibility index (Phi) is 11.9. The molecule has 0 aliphatic carbocycles. The first kappa shape index (κ1) is 40.8. The molecule has 308 valence electrons. The fourth-order valence-electron chi connectivity index (χ4n) is 8.15. The molecule has 5 N–H and O–H groups in total. The van der Waals surface area contributed by atoms with E-state index in [0.717, 1.165) is 6.42 Å². The molecule has 58 heavy (non-hydrogen) atoms. The number of aromatic nitrogens is 4. The third-order valence-electron chi connectivity index (χ3n) is 11.1. The number of hydrogen-bond acceptors (Lipinski definition) is 12. The number of rotatable bonds is 13. The van der Waals surface area contributed by atoms with E-state index in [0.29, 0.717) is 85.9 Å². The monoisotopic (exact) mass is 822 g/mol. The summed E-state index contributed by atoms with van der Waals surface area (Å²) >= 11 is 1.44.